The van der Waals surface area contributed by atoms with Crippen molar-refractivity contribution in [1.82, 2.24) is 19.1 Å². The van der Waals surface area contributed by atoms with Crippen molar-refractivity contribution in [2.45, 2.75) is 19.5 Å². The number of anilines is 1. The summed E-state index contributed by atoms with van der Waals surface area (Å²) in [7, 11) is 1.74. The van der Waals surface area contributed by atoms with Gasteiger partial charge in [0.1, 0.15) is 0 Å². The summed E-state index contributed by atoms with van der Waals surface area (Å²) in [6.45, 7) is 2.22. The van der Waals surface area contributed by atoms with Gasteiger partial charge in [-0.05, 0) is 24.6 Å². The van der Waals surface area contributed by atoms with Gasteiger partial charge >= 0.3 is 5.69 Å². The Balaban J connectivity index is 1.66. The number of nitrogens with zero attached hydrogens (tertiary/aromatic N) is 3. The molecule has 1 atom stereocenters. The van der Waals surface area contributed by atoms with Crippen LogP contribution in [0.2, 0.25) is 0 Å². The molecule has 2 N–H and O–H groups in total. The highest BCUT2D eigenvalue weighted by molar-refractivity contribution is 5.75. The molecule has 0 radical (unpaired) electrons. The first kappa shape index (κ1) is 17.8. The molecule has 4 rings (SSSR count). The lowest BCUT2D eigenvalue weighted by atomic mass is 10.1. The van der Waals surface area contributed by atoms with Crippen molar-refractivity contribution in [3.8, 4) is 0 Å². The second-order valence-corrected chi connectivity index (χ2v) is 6.78. The van der Waals surface area contributed by atoms with Crippen LogP contribution in [0.15, 0.2) is 70.3 Å². The minimum atomic E-state index is -0.263. The van der Waals surface area contributed by atoms with Crippen LogP contribution in [-0.4, -0.2) is 19.1 Å². The molecule has 0 fully saturated rings. The van der Waals surface area contributed by atoms with Crippen molar-refractivity contribution >= 4 is 17.0 Å². The number of hydrogen-bond acceptors (Lipinski definition) is 4. The van der Waals surface area contributed by atoms with Crippen molar-refractivity contribution in [2.75, 3.05) is 5.32 Å². The lowest BCUT2D eigenvalue weighted by Crippen LogP contribution is -2.24. The Bertz CT molecular complexity index is 1240. The van der Waals surface area contributed by atoms with Crippen molar-refractivity contribution in [1.29, 1.82) is 0 Å². The monoisotopic (exact) mass is 375 g/mol. The summed E-state index contributed by atoms with van der Waals surface area (Å²) in [6.07, 6.45) is 0. The first-order chi connectivity index (χ1) is 13.5. The lowest BCUT2D eigenvalue weighted by Gasteiger charge is -2.15. The molecule has 1 unspecified atom stereocenters. The molecule has 7 nitrogen and oxygen atoms in total. The van der Waals surface area contributed by atoms with Gasteiger partial charge in [-0.25, -0.2) is 9.78 Å². The zero-order valence-corrected chi connectivity index (χ0v) is 15.7. The van der Waals surface area contributed by atoms with Crippen LogP contribution in [0.5, 0.6) is 0 Å². The summed E-state index contributed by atoms with van der Waals surface area (Å²) in [5.41, 5.74) is 2.85. The predicted molar refractivity (Wildman–Crippen MR) is 110 cm³/mol. The molecule has 0 bridgehead atoms. The minimum absolute atomic E-state index is 0.0279. The van der Waals surface area contributed by atoms with E-state index in [0.717, 1.165) is 16.6 Å². The average molecular weight is 375 g/mol. The van der Waals surface area contributed by atoms with Crippen LogP contribution in [0, 0.1) is 0 Å². The van der Waals surface area contributed by atoms with Gasteiger partial charge in [0, 0.05) is 13.1 Å². The predicted octanol–water partition coefficient (Wildman–Crippen LogP) is 2.64. The standard InChI is InChI=1S/C21H21N5O2/c1-14(15-8-4-3-5-9-15)22-20-23-16(12-19(27)24-20)13-26-18-11-7-6-10-17(18)25(2)21(26)28/h3-12,14H,13H2,1-2H3,(H2,22,23,24,27). The third kappa shape index (κ3) is 3.34. The third-order valence-corrected chi connectivity index (χ3v) is 4.82. The Morgan fingerprint density at radius 2 is 1.71 bits per heavy atom. The number of benzene rings is 2. The number of hydrogen-bond donors (Lipinski definition) is 2. The van der Waals surface area contributed by atoms with Gasteiger partial charge in [0.05, 0.1) is 29.3 Å². The molecule has 0 aliphatic heterocycles. The molecule has 0 saturated carbocycles. The lowest BCUT2D eigenvalue weighted by molar-refractivity contribution is 0.717. The maximum Gasteiger partial charge on any atom is 0.329 e. The fourth-order valence-corrected chi connectivity index (χ4v) is 3.37. The summed E-state index contributed by atoms with van der Waals surface area (Å²) >= 11 is 0. The summed E-state index contributed by atoms with van der Waals surface area (Å²) in [6, 6.07) is 18.9. The van der Waals surface area contributed by atoms with Crippen LogP contribution in [0.3, 0.4) is 0 Å². The summed E-state index contributed by atoms with van der Waals surface area (Å²) in [5.74, 6) is 0.382. The van der Waals surface area contributed by atoms with Gasteiger partial charge in [0.2, 0.25) is 5.95 Å². The Kier molecular flexibility index (Phi) is 4.57. The van der Waals surface area contributed by atoms with E-state index in [9.17, 15) is 9.59 Å². The van der Waals surface area contributed by atoms with Gasteiger partial charge in [-0.15, -0.1) is 0 Å². The SMILES string of the molecule is CC(Nc1nc(Cn2c(=O)n(C)c3ccccc32)cc(=O)[nH]1)c1ccccc1. The fraction of sp³-hybridized carbons (Fsp3) is 0.190. The molecule has 142 valence electrons. The number of aromatic nitrogens is 4. The number of aromatic amines is 1. The quantitative estimate of drug-likeness (QED) is 0.562. The number of fused-ring (bicyclic) bond motifs is 1. The van der Waals surface area contributed by atoms with Gasteiger partial charge < -0.3 is 5.32 Å². The van der Waals surface area contributed by atoms with Gasteiger partial charge in [-0.1, -0.05) is 42.5 Å². The zero-order valence-electron chi connectivity index (χ0n) is 15.7. The van der Waals surface area contributed by atoms with Crippen molar-refractivity contribution < 1.29 is 0 Å². The van der Waals surface area contributed by atoms with Crippen LogP contribution >= 0.6 is 0 Å². The Labute approximate surface area is 161 Å². The van der Waals surface area contributed by atoms with E-state index in [0.29, 0.717) is 11.6 Å². The molecule has 2 heterocycles. The number of aryl methyl sites for hydroxylation is 1. The molecule has 7 heteroatoms. The molecule has 0 amide bonds. The summed E-state index contributed by atoms with van der Waals surface area (Å²) in [4.78, 5) is 32.0. The van der Waals surface area contributed by atoms with E-state index >= 15 is 0 Å². The van der Waals surface area contributed by atoms with Gasteiger partial charge in [-0.2, -0.15) is 0 Å². The smallest absolute Gasteiger partial charge is 0.329 e. The van der Waals surface area contributed by atoms with Gasteiger partial charge in [-0.3, -0.25) is 18.9 Å². The number of para-hydroxylation sites is 2. The van der Waals surface area contributed by atoms with Crippen LogP contribution in [0.1, 0.15) is 24.2 Å². The highest BCUT2D eigenvalue weighted by Gasteiger charge is 2.13. The Hall–Kier alpha value is -3.61. The van der Waals surface area contributed by atoms with Crippen LogP contribution in [0.4, 0.5) is 5.95 Å². The number of H-pyrrole nitrogens is 1. The third-order valence-electron chi connectivity index (χ3n) is 4.82. The maximum atomic E-state index is 12.6. The van der Waals surface area contributed by atoms with E-state index in [-0.39, 0.29) is 23.8 Å². The topological polar surface area (TPSA) is 84.7 Å². The van der Waals surface area contributed by atoms with Crippen LogP contribution in [-0.2, 0) is 13.6 Å². The number of imidazole rings is 1. The van der Waals surface area contributed by atoms with Crippen molar-refractivity contribution in [3.05, 3.63) is 92.8 Å². The number of nitrogens with one attached hydrogen (secondary N) is 2. The first-order valence-corrected chi connectivity index (χ1v) is 9.09. The van der Waals surface area contributed by atoms with E-state index in [1.807, 2.05) is 61.5 Å². The summed E-state index contributed by atoms with van der Waals surface area (Å²) < 4.78 is 3.22. The second kappa shape index (κ2) is 7.19. The fourth-order valence-electron chi connectivity index (χ4n) is 3.37. The van der Waals surface area contributed by atoms with E-state index in [2.05, 4.69) is 15.3 Å². The van der Waals surface area contributed by atoms with Crippen LogP contribution < -0.4 is 16.6 Å². The summed E-state index contributed by atoms with van der Waals surface area (Å²) in [5, 5.41) is 3.22. The molecular formula is C21H21N5O2. The molecule has 0 spiro atoms. The number of rotatable bonds is 5. The highest BCUT2D eigenvalue weighted by Crippen LogP contribution is 2.16. The molecular weight excluding hydrogens is 354 g/mol. The Morgan fingerprint density at radius 3 is 2.46 bits per heavy atom. The van der Waals surface area contributed by atoms with E-state index in [4.69, 9.17) is 0 Å². The van der Waals surface area contributed by atoms with Gasteiger partial charge in [0.15, 0.2) is 0 Å². The van der Waals surface area contributed by atoms with E-state index in [1.54, 1.807) is 16.2 Å². The van der Waals surface area contributed by atoms with Crippen LogP contribution in [0.25, 0.3) is 11.0 Å². The van der Waals surface area contributed by atoms with Crippen molar-refractivity contribution in [2.24, 2.45) is 7.05 Å². The van der Waals surface area contributed by atoms with E-state index in [1.165, 1.54) is 6.07 Å². The normalized spacial score (nSPS) is 12.2. The largest absolute Gasteiger partial charge is 0.349 e. The maximum absolute atomic E-state index is 12.6. The molecule has 0 aliphatic carbocycles. The average Bonchev–Trinajstić information content (AvgIpc) is 2.93. The molecule has 28 heavy (non-hydrogen) atoms. The molecule has 2 aromatic heterocycles. The first-order valence-electron chi connectivity index (χ1n) is 9.09. The second-order valence-electron chi connectivity index (χ2n) is 6.78. The molecule has 0 saturated heterocycles. The highest BCUT2D eigenvalue weighted by atomic mass is 16.1. The van der Waals surface area contributed by atoms with Crippen molar-refractivity contribution in [3.63, 3.8) is 0 Å². The van der Waals surface area contributed by atoms with E-state index < -0.39 is 0 Å². The minimum Gasteiger partial charge on any atom is -0.349 e. The molecule has 2 aromatic carbocycles. The molecule has 0 aliphatic rings. The Morgan fingerprint density at radius 1 is 1.04 bits per heavy atom. The molecule has 4 aromatic rings. The zero-order chi connectivity index (χ0) is 19.7. The van der Waals surface area contributed by atoms with Gasteiger partial charge in [0.25, 0.3) is 5.56 Å².